The van der Waals surface area contributed by atoms with E-state index in [0.29, 0.717) is 11.8 Å². The van der Waals surface area contributed by atoms with E-state index in [1.165, 1.54) is 6.07 Å². The summed E-state index contributed by atoms with van der Waals surface area (Å²) in [6.07, 6.45) is 1.52. The summed E-state index contributed by atoms with van der Waals surface area (Å²) in [5.74, 6) is 0.666. The Bertz CT molecular complexity index is 437. The summed E-state index contributed by atoms with van der Waals surface area (Å²) in [6.45, 7) is 9.58. The summed E-state index contributed by atoms with van der Waals surface area (Å²) in [6, 6.07) is 7.11. The third-order valence-corrected chi connectivity index (χ3v) is 4.53. The zero-order valence-electron chi connectivity index (χ0n) is 12.9. The van der Waals surface area contributed by atoms with Gasteiger partial charge in [0.25, 0.3) is 0 Å². The molecule has 3 heteroatoms. The molecule has 1 N–H and O–H groups in total. The molecule has 112 valence electrons. The van der Waals surface area contributed by atoms with E-state index >= 15 is 0 Å². The van der Waals surface area contributed by atoms with Crippen LogP contribution in [0.25, 0.3) is 0 Å². The minimum absolute atomic E-state index is 0.153. The Kier molecular flexibility index (Phi) is 5.17. The van der Waals surface area contributed by atoms with Crippen molar-refractivity contribution >= 4 is 0 Å². The molecule has 0 aliphatic carbocycles. The van der Waals surface area contributed by atoms with E-state index in [9.17, 15) is 4.39 Å². The second-order valence-corrected chi connectivity index (χ2v) is 5.97. The zero-order chi connectivity index (χ0) is 14.7. The summed E-state index contributed by atoms with van der Waals surface area (Å²) in [7, 11) is 0. The second kappa shape index (κ2) is 6.68. The molecule has 1 saturated heterocycles. The summed E-state index contributed by atoms with van der Waals surface area (Å²) >= 11 is 0. The molecule has 0 amide bonds. The number of nitrogens with one attached hydrogen (secondary N) is 1. The number of ether oxygens (including phenoxy) is 1. The van der Waals surface area contributed by atoms with Crippen molar-refractivity contribution in [3.05, 3.63) is 35.6 Å². The van der Waals surface area contributed by atoms with Crippen LogP contribution in [-0.4, -0.2) is 18.8 Å². The van der Waals surface area contributed by atoms with Crippen LogP contribution in [0.1, 0.15) is 45.7 Å². The first-order chi connectivity index (χ1) is 9.54. The fourth-order valence-corrected chi connectivity index (χ4v) is 3.34. The van der Waals surface area contributed by atoms with Gasteiger partial charge in [0.05, 0.1) is 12.2 Å². The van der Waals surface area contributed by atoms with E-state index < -0.39 is 0 Å². The molecule has 1 aliphatic rings. The fraction of sp³-hybridized carbons (Fsp3) is 0.647. The van der Waals surface area contributed by atoms with Crippen LogP contribution < -0.4 is 5.32 Å². The second-order valence-electron chi connectivity index (χ2n) is 5.97. The standard InChI is InChI=1S/C17H26FNO/c1-5-9-19-17(14-7-6-8-15(18)10-14)16-11(2)12(3)20-13(16)4/h6-8,10-13,16-17,19H,5,9H2,1-4H3. The van der Waals surface area contributed by atoms with E-state index in [2.05, 4.69) is 33.0 Å². The predicted octanol–water partition coefficient (Wildman–Crippen LogP) is 3.93. The third-order valence-electron chi connectivity index (χ3n) is 4.53. The summed E-state index contributed by atoms with van der Waals surface area (Å²) in [4.78, 5) is 0. The van der Waals surface area contributed by atoms with Crippen LogP contribution in [0.2, 0.25) is 0 Å². The van der Waals surface area contributed by atoms with E-state index in [4.69, 9.17) is 4.74 Å². The van der Waals surface area contributed by atoms with Crippen molar-refractivity contribution in [1.82, 2.24) is 5.32 Å². The van der Waals surface area contributed by atoms with Gasteiger partial charge in [0.15, 0.2) is 0 Å². The van der Waals surface area contributed by atoms with Crippen molar-refractivity contribution in [1.29, 1.82) is 0 Å². The molecule has 0 radical (unpaired) electrons. The van der Waals surface area contributed by atoms with Gasteiger partial charge in [0.1, 0.15) is 5.82 Å². The van der Waals surface area contributed by atoms with Gasteiger partial charge < -0.3 is 10.1 Å². The molecule has 20 heavy (non-hydrogen) atoms. The Morgan fingerprint density at radius 3 is 2.55 bits per heavy atom. The van der Waals surface area contributed by atoms with E-state index in [-0.39, 0.29) is 24.1 Å². The van der Waals surface area contributed by atoms with Gasteiger partial charge >= 0.3 is 0 Å². The highest BCUT2D eigenvalue weighted by Crippen LogP contribution is 2.40. The molecule has 0 bridgehead atoms. The predicted molar refractivity (Wildman–Crippen MR) is 80.1 cm³/mol. The minimum Gasteiger partial charge on any atom is -0.375 e. The number of halogens is 1. The van der Waals surface area contributed by atoms with Gasteiger partial charge in [-0.25, -0.2) is 4.39 Å². The lowest BCUT2D eigenvalue weighted by Gasteiger charge is -2.30. The molecule has 5 unspecified atom stereocenters. The highest BCUT2D eigenvalue weighted by molar-refractivity contribution is 5.22. The van der Waals surface area contributed by atoms with Crippen molar-refractivity contribution in [2.45, 2.75) is 52.4 Å². The summed E-state index contributed by atoms with van der Waals surface area (Å²) in [5, 5.41) is 3.59. The van der Waals surface area contributed by atoms with Gasteiger partial charge in [-0.15, -0.1) is 0 Å². The first kappa shape index (κ1) is 15.5. The largest absolute Gasteiger partial charge is 0.375 e. The molecule has 0 spiro atoms. The minimum atomic E-state index is -0.168. The number of hydrogen-bond donors (Lipinski definition) is 1. The number of benzene rings is 1. The molecular formula is C17H26FNO. The Morgan fingerprint density at radius 1 is 1.25 bits per heavy atom. The molecule has 1 heterocycles. The van der Waals surface area contributed by atoms with Crippen molar-refractivity contribution < 1.29 is 9.13 Å². The van der Waals surface area contributed by atoms with E-state index in [1.807, 2.05) is 6.07 Å². The molecule has 0 saturated carbocycles. The van der Waals surface area contributed by atoms with Crippen molar-refractivity contribution in [2.24, 2.45) is 11.8 Å². The molecule has 2 rings (SSSR count). The lowest BCUT2D eigenvalue weighted by Crippen LogP contribution is -2.35. The first-order valence-corrected chi connectivity index (χ1v) is 7.69. The van der Waals surface area contributed by atoms with Crippen LogP contribution in [0.15, 0.2) is 24.3 Å². The summed E-state index contributed by atoms with van der Waals surface area (Å²) < 4.78 is 19.5. The van der Waals surface area contributed by atoms with Gasteiger partial charge in [-0.1, -0.05) is 26.0 Å². The molecule has 1 fully saturated rings. The topological polar surface area (TPSA) is 21.3 Å². The Balaban J connectivity index is 2.27. The van der Waals surface area contributed by atoms with E-state index in [0.717, 1.165) is 18.5 Å². The molecule has 0 aromatic heterocycles. The molecule has 5 atom stereocenters. The Labute approximate surface area is 121 Å². The van der Waals surface area contributed by atoms with Crippen LogP contribution in [0.4, 0.5) is 4.39 Å². The first-order valence-electron chi connectivity index (χ1n) is 7.69. The highest BCUT2D eigenvalue weighted by Gasteiger charge is 2.41. The van der Waals surface area contributed by atoms with Gasteiger partial charge in [-0.05, 0) is 50.4 Å². The average Bonchev–Trinajstić information content (AvgIpc) is 2.66. The zero-order valence-corrected chi connectivity index (χ0v) is 12.9. The van der Waals surface area contributed by atoms with Crippen molar-refractivity contribution in [3.63, 3.8) is 0 Å². The monoisotopic (exact) mass is 279 g/mol. The van der Waals surface area contributed by atoms with Crippen LogP contribution in [0.5, 0.6) is 0 Å². The summed E-state index contributed by atoms with van der Waals surface area (Å²) in [5.41, 5.74) is 1.03. The van der Waals surface area contributed by atoms with E-state index in [1.54, 1.807) is 12.1 Å². The smallest absolute Gasteiger partial charge is 0.123 e. The van der Waals surface area contributed by atoms with Gasteiger partial charge in [-0.2, -0.15) is 0 Å². The van der Waals surface area contributed by atoms with Crippen LogP contribution >= 0.6 is 0 Å². The van der Waals surface area contributed by atoms with Gasteiger partial charge in [0, 0.05) is 12.0 Å². The van der Waals surface area contributed by atoms with Gasteiger partial charge in [-0.3, -0.25) is 0 Å². The van der Waals surface area contributed by atoms with Gasteiger partial charge in [0.2, 0.25) is 0 Å². The van der Waals surface area contributed by atoms with Crippen LogP contribution in [0.3, 0.4) is 0 Å². The number of hydrogen-bond acceptors (Lipinski definition) is 2. The lowest BCUT2D eigenvalue weighted by molar-refractivity contribution is 0.0475. The fourth-order valence-electron chi connectivity index (χ4n) is 3.34. The molecule has 1 aromatic carbocycles. The molecule has 1 aromatic rings. The van der Waals surface area contributed by atoms with Crippen molar-refractivity contribution in [2.75, 3.05) is 6.54 Å². The maximum Gasteiger partial charge on any atom is 0.123 e. The molecular weight excluding hydrogens is 253 g/mol. The molecule has 1 aliphatic heterocycles. The van der Waals surface area contributed by atoms with Crippen molar-refractivity contribution in [3.8, 4) is 0 Å². The normalized spacial score (nSPS) is 31.4. The average molecular weight is 279 g/mol. The van der Waals surface area contributed by atoms with Crippen LogP contribution in [-0.2, 0) is 4.74 Å². The third kappa shape index (κ3) is 3.21. The van der Waals surface area contributed by atoms with Crippen LogP contribution in [0, 0.1) is 17.7 Å². The Morgan fingerprint density at radius 2 is 2.00 bits per heavy atom. The molecule has 2 nitrogen and oxygen atoms in total. The maximum atomic E-state index is 13.5. The quantitative estimate of drug-likeness (QED) is 0.882. The maximum absolute atomic E-state index is 13.5. The Hall–Kier alpha value is -0.930. The SMILES string of the molecule is CCCNC(c1cccc(F)c1)C1C(C)OC(C)C1C. The highest BCUT2D eigenvalue weighted by atomic mass is 19.1. The number of rotatable bonds is 5. The lowest BCUT2D eigenvalue weighted by atomic mass is 9.80.